The topological polar surface area (TPSA) is 129 Å². The van der Waals surface area contributed by atoms with Gasteiger partial charge in [-0.3, -0.25) is 4.79 Å². The molecular weight excluding hydrogens is 434 g/mol. The number of thiophene rings is 1. The van der Waals surface area contributed by atoms with Gasteiger partial charge in [0, 0.05) is 22.9 Å². The summed E-state index contributed by atoms with van der Waals surface area (Å²) >= 11 is 7.47. The van der Waals surface area contributed by atoms with E-state index in [0.717, 1.165) is 17.6 Å². The molecule has 0 unspecified atom stereocenters. The molecule has 154 valence electrons. The highest BCUT2D eigenvalue weighted by atomic mass is 35.5. The molecule has 0 fully saturated rings. The summed E-state index contributed by atoms with van der Waals surface area (Å²) in [6.07, 6.45) is 1.14. The van der Waals surface area contributed by atoms with Crippen molar-refractivity contribution < 1.29 is 17.7 Å². The number of nitrogens with zero attached hydrogens (tertiary/aromatic N) is 1. The van der Waals surface area contributed by atoms with Gasteiger partial charge in [0.05, 0.1) is 16.2 Å². The van der Waals surface area contributed by atoms with Gasteiger partial charge in [0.25, 0.3) is 5.91 Å². The summed E-state index contributed by atoms with van der Waals surface area (Å²) < 4.78 is 30.3. The molecule has 2 heterocycles. The van der Waals surface area contributed by atoms with Crippen LogP contribution >= 0.6 is 22.9 Å². The van der Waals surface area contributed by atoms with Crippen LogP contribution in [-0.2, 0) is 9.84 Å². The van der Waals surface area contributed by atoms with Crippen molar-refractivity contribution in [2.24, 2.45) is 5.73 Å². The zero-order valence-corrected chi connectivity index (χ0v) is 18.9. The second kappa shape index (κ2) is 7.16. The molecule has 0 aliphatic carbocycles. The normalized spacial score (nSPS) is 11.8. The maximum atomic E-state index is 12.5. The van der Waals surface area contributed by atoms with Gasteiger partial charge in [0.1, 0.15) is 9.90 Å². The molecular formula is C19H20ClN3O4S2. The fraction of sp³-hybridized carbons (Fsp3) is 0.263. The number of carbonyl (C=O) groups is 1. The minimum Gasteiger partial charge on any atom is -0.398 e. The van der Waals surface area contributed by atoms with Gasteiger partial charge in [-0.1, -0.05) is 16.8 Å². The van der Waals surface area contributed by atoms with E-state index in [1.807, 2.05) is 0 Å². The Hall–Kier alpha value is -2.36. The second-order valence-electron chi connectivity index (χ2n) is 6.89. The zero-order valence-electron chi connectivity index (χ0n) is 16.5. The predicted molar refractivity (Wildman–Crippen MR) is 115 cm³/mol. The van der Waals surface area contributed by atoms with Gasteiger partial charge < -0.3 is 16.0 Å². The highest BCUT2D eigenvalue weighted by Gasteiger charge is 2.29. The van der Waals surface area contributed by atoms with Crippen molar-refractivity contribution in [1.29, 1.82) is 0 Å². The summed E-state index contributed by atoms with van der Waals surface area (Å²) in [6, 6.07) is 0. The Balaban J connectivity index is 2.50. The number of carbonyl (C=O) groups excluding carboxylic acids is 1. The Morgan fingerprint density at radius 2 is 1.76 bits per heavy atom. The summed E-state index contributed by atoms with van der Waals surface area (Å²) in [5.41, 5.74) is 15.9. The van der Waals surface area contributed by atoms with Crippen LogP contribution in [0.3, 0.4) is 0 Å². The molecule has 3 aromatic rings. The molecule has 10 heteroatoms. The van der Waals surface area contributed by atoms with Crippen molar-refractivity contribution in [1.82, 2.24) is 5.16 Å². The second-order valence-corrected chi connectivity index (χ2v) is 10.1. The third-order valence-corrected chi connectivity index (χ3v) is 7.71. The molecule has 4 N–H and O–H groups in total. The molecule has 0 radical (unpaired) electrons. The molecule has 7 nitrogen and oxygen atoms in total. The smallest absolute Gasteiger partial charge is 0.259 e. The van der Waals surface area contributed by atoms with Gasteiger partial charge in [0.2, 0.25) is 0 Å². The number of primary amides is 1. The zero-order chi connectivity index (χ0) is 21.8. The van der Waals surface area contributed by atoms with Crippen molar-refractivity contribution in [2.75, 3.05) is 12.0 Å². The largest absolute Gasteiger partial charge is 0.398 e. The Morgan fingerprint density at radius 3 is 2.24 bits per heavy atom. The van der Waals surface area contributed by atoms with E-state index in [1.54, 1.807) is 33.1 Å². The van der Waals surface area contributed by atoms with E-state index in [4.69, 9.17) is 27.6 Å². The van der Waals surface area contributed by atoms with Crippen LogP contribution in [0.4, 0.5) is 5.69 Å². The number of aromatic nitrogens is 1. The van der Waals surface area contributed by atoms with Gasteiger partial charge in [-0.2, -0.15) is 0 Å². The molecule has 29 heavy (non-hydrogen) atoms. The average molecular weight is 454 g/mol. The Labute approximate surface area is 177 Å². The Bertz CT molecular complexity index is 1270. The minimum atomic E-state index is -3.56. The molecule has 0 aliphatic heterocycles. The minimum absolute atomic E-state index is 0.160. The quantitative estimate of drug-likeness (QED) is 0.573. The molecule has 0 bridgehead atoms. The molecule has 1 amide bonds. The van der Waals surface area contributed by atoms with Crippen molar-refractivity contribution in [2.45, 2.75) is 32.6 Å². The van der Waals surface area contributed by atoms with E-state index in [1.165, 1.54) is 0 Å². The number of rotatable bonds is 4. The molecule has 0 saturated heterocycles. The van der Waals surface area contributed by atoms with E-state index < -0.39 is 15.7 Å². The first kappa shape index (κ1) is 21.4. The van der Waals surface area contributed by atoms with Gasteiger partial charge in [0.15, 0.2) is 15.6 Å². The first-order valence-electron chi connectivity index (χ1n) is 8.50. The Kier molecular flexibility index (Phi) is 5.27. The standard InChI is InChI=1S/C19H20ClN3O4S2/c1-7-12(8(2)18(29(5,25)26)9(3)15(7)21)11-6-28-17(19(22)24)13(11)16-14(20)10(4)23-27-16/h6H,21H2,1-5H3,(H2,22,24). The first-order valence-corrected chi connectivity index (χ1v) is 11.7. The van der Waals surface area contributed by atoms with Crippen molar-refractivity contribution in [3.8, 4) is 22.5 Å². The van der Waals surface area contributed by atoms with Crippen LogP contribution in [0.1, 0.15) is 32.1 Å². The number of sulfone groups is 1. The number of benzene rings is 1. The maximum Gasteiger partial charge on any atom is 0.259 e. The lowest BCUT2D eigenvalue weighted by molar-refractivity contribution is 0.100. The summed E-state index contributed by atoms with van der Waals surface area (Å²) in [7, 11) is -3.56. The van der Waals surface area contributed by atoms with Crippen LogP contribution in [-0.4, -0.2) is 25.7 Å². The lowest BCUT2D eigenvalue weighted by atomic mass is 9.90. The number of anilines is 1. The lowest BCUT2D eigenvalue weighted by Gasteiger charge is -2.19. The summed E-state index contributed by atoms with van der Waals surface area (Å²) in [4.78, 5) is 12.5. The summed E-state index contributed by atoms with van der Waals surface area (Å²) in [5.74, 6) is -0.451. The lowest BCUT2D eigenvalue weighted by Crippen LogP contribution is -2.11. The third-order valence-electron chi connectivity index (χ3n) is 4.91. The van der Waals surface area contributed by atoms with E-state index in [-0.39, 0.29) is 20.6 Å². The van der Waals surface area contributed by atoms with Crippen LogP contribution in [0.15, 0.2) is 14.8 Å². The van der Waals surface area contributed by atoms with E-state index in [9.17, 15) is 13.2 Å². The number of aryl methyl sites for hydroxylation is 1. The first-order chi connectivity index (χ1) is 13.4. The van der Waals surface area contributed by atoms with E-state index in [0.29, 0.717) is 44.8 Å². The van der Waals surface area contributed by atoms with Crippen molar-refractivity contribution in [3.63, 3.8) is 0 Å². The molecule has 0 atom stereocenters. The van der Waals surface area contributed by atoms with Crippen molar-refractivity contribution in [3.05, 3.63) is 37.7 Å². The number of nitrogen functional groups attached to an aromatic ring is 1. The number of nitrogens with two attached hydrogens (primary N) is 2. The molecule has 0 spiro atoms. The van der Waals surface area contributed by atoms with Gasteiger partial charge in [-0.25, -0.2) is 8.42 Å². The van der Waals surface area contributed by atoms with Crippen LogP contribution in [0, 0.1) is 27.7 Å². The SMILES string of the molecule is Cc1noc(-c2c(-c3c(C)c(N)c(C)c(S(C)(=O)=O)c3C)csc2C(N)=O)c1Cl. The number of hydrogen-bond acceptors (Lipinski definition) is 7. The van der Waals surface area contributed by atoms with Crippen LogP contribution in [0.5, 0.6) is 0 Å². The third kappa shape index (κ3) is 3.33. The molecule has 3 rings (SSSR count). The molecule has 1 aromatic carbocycles. The summed E-state index contributed by atoms with van der Waals surface area (Å²) in [6.45, 7) is 6.86. The molecule has 2 aromatic heterocycles. The van der Waals surface area contributed by atoms with Gasteiger partial charge in [-0.15, -0.1) is 11.3 Å². The summed E-state index contributed by atoms with van der Waals surface area (Å²) in [5, 5.41) is 5.84. The van der Waals surface area contributed by atoms with E-state index >= 15 is 0 Å². The van der Waals surface area contributed by atoms with Gasteiger partial charge in [-0.05, 0) is 49.9 Å². The fourth-order valence-corrected chi connectivity index (χ4v) is 6.03. The van der Waals surface area contributed by atoms with Crippen LogP contribution in [0.25, 0.3) is 22.5 Å². The number of hydrogen-bond donors (Lipinski definition) is 2. The fourth-order valence-electron chi connectivity index (χ4n) is 3.64. The highest BCUT2D eigenvalue weighted by molar-refractivity contribution is 7.90. The van der Waals surface area contributed by atoms with E-state index in [2.05, 4.69) is 5.16 Å². The van der Waals surface area contributed by atoms with Crippen LogP contribution < -0.4 is 11.5 Å². The Morgan fingerprint density at radius 1 is 1.14 bits per heavy atom. The molecule has 0 aliphatic rings. The van der Waals surface area contributed by atoms with Crippen LogP contribution in [0.2, 0.25) is 5.02 Å². The number of amides is 1. The molecule has 0 saturated carbocycles. The highest BCUT2D eigenvalue weighted by Crippen LogP contribution is 2.47. The maximum absolute atomic E-state index is 12.5. The predicted octanol–water partition coefficient (Wildman–Crippen LogP) is 4.04. The van der Waals surface area contributed by atoms with Crippen molar-refractivity contribution >= 4 is 44.4 Å². The van der Waals surface area contributed by atoms with Gasteiger partial charge >= 0.3 is 0 Å². The monoisotopic (exact) mass is 453 g/mol. The average Bonchev–Trinajstić information content (AvgIpc) is 3.16. The number of halogens is 1.